The van der Waals surface area contributed by atoms with Crippen molar-refractivity contribution in [1.82, 2.24) is 10.6 Å². The van der Waals surface area contributed by atoms with Crippen molar-refractivity contribution >= 4 is 29.5 Å². The standard InChI is InChI=1S/C11H17N3O4S/c1-7(5-12)13-11(18)8(6-19-2)14-9(15)3-4-10(16)17/h7-8H,3-4,6H2,1-2H3,(H,13,18)(H,14,15)(H,16,17). The number of carboxylic acid groups (broad SMARTS) is 1. The highest BCUT2D eigenvalue weighted by molar-refractivity contribution is 7.98. The molecule has 19 heavy (non-hydrogen) atoms. The maximum Gasteiger partial charge on any atom is 0.303 e. The van der Waals surface area contributed by atoms with E-state index < -0.39 is 29.9 Å². The lowest BCUT2D eigenvalue weighted by atomic mass is 10.2. The molecule has 0 aliphatic rings. The fourth-order valence-corrected chi connectivity index (χ4v) is 1.75. The molecule has 0 saturated carbocycles. The van der Waals surface area contributed by atoms with Gasteiger partial charge >= 0.3 is 5.97 Å². The van der Waals surface area contributed by atoms with Crippen LogP contribution in [0.4, 0.5) is 0 Å². The summed E-state index contributed by atoms with van der Waals surface area (Å²) < 4.78 is 0. The summed E-state index contributed by atoms with van der Waals surface area (Å²) in [5.41, 5.74) is 0. The molecule has 0 radical (unpaired) electrons. The van der Waals surface area contributed by atoms with Crippen LogP contribution in [0, 0.1) is 11.3 Å². The summed E-state index contributed by atoms with van der Waals surface area (Å²) in [5.74, 6) is -1.67. The molecule has 0 aliphatic carbocycles. The number of rotatable bonds is 8. The number of carboxylic acids is 1. The first-order valence-electron chi connectivity index (χ1n) is 5.60. The smallest absolute Gasteiger partial charge is 0.303 e. The highest BCUT2D eigenvalue weighted by atomic mass is 32.2. The van der Waals surface area contributed by atoms with Crippen molar-refractivity contribution in [2.24, 2.45) is 0 Å². The van der Waals surface area contributed by atoms with Crippen LogP contribution in [-0.2, 0) is 14.4 Å². The van der Waals surface area contributed by atoms with Crippen molar-refractivity contribution in [3.05, 3.63) is 0 Å². The molecule has 2 unspecified atom stereocenters. The number of nitriles is 1. The van der Waals surface area contributed by atoms with Gasteiger partial charge in [-0.1, -0.05) is 0 Å². The SMILES string of the molecule is CSCC(NC(=O)CCC(=O)O)C(=O)NC(C)C#N. The topological polar surface area (TPSA) is 119 Å². The van der Waals surface area contributed by atoms with Gasteiger partial charge in [-0.15, -0.1) is 0 Å². The van der Waals surface area contributed by atoms with Gasteiger partial charge in [-0.25, -0.2) is 0 Å². The maximum absolute atomic E-state index is 11.8. The Kier molecular flexibility index (Phi) is 8.37. The number of hydrogen-bond acceptors (Lipinski definition) is 5. The Labute approximate surface area is 115 Å². The predicted octanol–water partition coefficient (Wildman–Crippen LogP) is -0.273. The first-order valence-corrected chi connectivity index (χ1v) is 7.00. The largest absolute Gasteiger partial charge is 0.481 e. The van der Waals surface area contributed by atoms with E-state index in [0.29, 0.717) is 5.75 Å². The molecule has 0 aromatic heterocycles. The zero-order valence-electron chi connectivity index (χ0n) is 10.8. The molecule has 0 saturated heterocycles. The highest BCUT2D eigenvalue weighted by Crippen LogP contribution is 2.00. The molecule has 106 valence electrons. The zero-order chi connectivity index (χ0) is 14.8. The molecule has 0 heterocycles. The average molecular weight is 287 g/mol. The number of amides is 2. The van der Waals surface area contributed by atoms with Crippen molar-refractivity contribution in [2.45, 2.75) is 31.8 Å². The number of hydrogen-bond donors (Lipinski definition) is 3. The quantitative estimate of drug-likeness (QED) is 0.565. The first-order chi connectivity index (χ1) is 8.90. The van der Waals surface area contributed by atoms with Gasteiger partial charge in [-0.2, -0.15) is 17.0 Å². The van der Waals surface area contributed by atoms with Gasteiger partial charge in [0.15, 0.2) is 0 Å². The summed E-state index contributed by atoms with van der Waals surface area (Å²) >= 11 is 1.36. The van der Waals surface area contributed by atoms with Crippen LogP contribution in [0.25, 0.3) is 0 Å². The second kappa shape index (κ2) is 9.22. The third kappa shape index (κ3) is 8.05. The maximum atomic E-state index is 11.8. The fourth-order valence-electron chi connectivity index (χ4n) is 1.18. The Bertz CT molecular complexity index is 381. The van der Waals surface area contributed by atoms with E-state index in [1.54, 1.807) is 6.26 Å². The van der Waals surface area contributed by atoms with Gasteiger partial charge in [0.25, 0.3) is 0 Å². The molecule has 7 nitrogen and oxygen atoms in total. The monoisotopic (exact) mass is 287 g/mol. The van der Waals surface area contributed by atoms with Crippen LogP contribution in [0.5, 0.6) is 0 Å². The third-order valence-corrected chi connectivity index (χ3v) is 2.77. The van der Waals surface area contributed by atoms with Crippen molar-refractivity contribution < 1.29 is 19.5 Å². The summed E-state index contributed by atoms with van der Waals surface area (Å²) in [6, 6.07) is 0.440. The van der Waals surface area contributed by atoms with Crippen LogP contribution < -0.4 is 10.6 Å². The normalized spacial score (nSPS) is 12.9. The molecule has 0 aromatic rings. The minimum atomic E-state index is -1.07. The number of nitrogens with zero attached hydrogens (tertiary/aromatic N) is 1. The Balaban J connectivity index is 4.39. The zero-order valence-corrected chi connectivity index (χ0v) is 11.6. The molecular formula is C11H17N3O4S. The summed E-state index contributed by atoms with van der Waals surface area (Å²) in [6.07, 6.45) is 1.31. The summed E-state index contributed by atoms with van der Waals surface area (Å²) in [6.45, 7) is 1.53. The van der Waals surface area contributed by atoms with Crippen LogP contribution in [0.15, 0.2) is 0 Å². The van der Waals surface area contributed by atoms with E-state index >= 15 is 0 Å². The van der Waals surface area contributed by atoms with Gasteiger partial charge in [0.1, 0.15) is 12.1 Å². The molecule has 2 amide bonds. The average Bonchev–Trinajstić information content (AvgIpc) is 2.35. The lowest BCUT2D eigenvalue weighted by Crippen LogP contribution is -2.50. The molecule has 0 bridgehead atoms. The third-order valence-electron chi connectivity index (χ3n) is 2.10. The number of thioether (sulfide) groups is 1. The van der Waals surface area contributed by atoms with E-state index in [2.05, 4.69) is 10.6 Å². The van der Waals surface area contributed by atoms with Crippen LogP contribution in [0.1, 0.15) is 19.8 Å². The van der Waals surface area contributed by atoms with Crippen LogP contribution >= 0.6 is 11.8 Å². The number of aliphatic carboxylic acids is 1. The first kappa shape index (κ1) is 17.2. The number of carbonyl (C=O) groups excluding carboxylic acids is 2. The predicted molar refractivity (Wildman–Crippen MR) is 70.4 cm³/mol. The minimum absolute atomic E-state index is 0.179. The van der Waals surface area contributed by atoms with Gasteiger partial charge in [0, 0.05) is 12.2 Å². The Morgan fingerprint density at radius 3 is 2.42 bits per heavy atom. The molecule has 0 spiro atoms. The van der Waals surface area contributed by atoms with Gasteiger partial charge in [-0.05, 0) is 13.2 Å². The lowest BCUT2D eigenvalue weighted by Gasteiger charge is -2.18. The molecule has 0 aromatic carbocycles. The van der Waals surface area contributed by atoms with Crippen molar-refractivity contribution in [1.29, 1.82) is 5.26 Å². The van der Waals surface area contributed by atoms with Crippen molar-refractivity contribution in [2.75, 3.05) is 12.0 Å². The minimum Gasteiger partial charge on any atom is -0.481 e. The van der Waals surface area contributed by atoms with E-state index in [0.717, 1.165) is 0 Å². The van der Waals surface area contributed by atoms with Gasteiger partial charge in [-0.3, -0.25) is 14.4 Å². The fraction of sp³-hybridized carbons (Fsp3) is 0.636. The lowest BCUT2D eigenvalue weighted by molar-refractivity contribution is -0.139. The highest BCUT2D eigenvalue weighted by Gasteiger charge is 2.21. The summed E-state index contributed by atoms with van der Waals surface area (Å²) in [7, 11) is 0. The number of nitrogens with one attached hydrogen (secondary N) is 2. The molecule has 3 N–H and O–H groups in total. The Hall–Kier alpha value is -1.75. The number of carbonyl (C=O) groups is 3. The molecule has 2 atom stereocenters. The molecule has 0 fully saturated rings. The molecule has 0 aliphatic heterocycles. The molecular weight excluding hydrogens is 270 g/mol. The summed E-state index contributed by atoms with van der Waals surface area (Å²) in [5, 5.41) is 22.0. The van der Waals surface area contributed by atoms with Crippen LogP contribution in [0.3, 0.4) is 0 Å². The van der Waals surface area contributed by atoms with Gasteiger partial charge in [0.05, 0.1) is 12.5 Å². The summed E-state index contributed by atoms with van der Waals surface area (Å²) in [4.78, 5) is 33.6. The van der Waals surface area contributed by atoms with E-state index in [1.807, 2.05) is 6.07 Å². The second-order valence-electron chi connectivity index (χ2n) is 3.83. The van der Waals surface area contributed by atoms with Gasteiger partial charge in [0.2, 0.25) is 11.8 Å². The Morgan fingerprint density at radius 1 is 1.32 bits per heavy atom. The van der Waals surface area contributed by atoms with Crippen molar-refractivity contribution in [3.63, 3.8) is 0 Å². The Morgan fingerprint density at radius 2 is 1.95 bits per heavy atom. The van der Waals surface area contributed by atoms with Gasteiger partial charge < -0.3 is 15.7 Å². The van der Waals surface area contributed by atoms with E-state index in [4.69, 9.17) is 10.4 Å². The van der Waals surface area contributed by atoms with Crippen LogP contribution in [0.2, 0.25) is 0 Å². The van der Waals surface area contributed by atoms with E-state index in [9.17, 15) is 14.4 Å². The second-order valence-corrected chi connectivity index (χ2v) is 4.74. The van der Waals surface area contributed by atoms with Crippen LogP contribution in [-0.4, -0.2) is 47.0 Å². The molecule has 8 heteroatoms. The van der Waals surface area contributed by atoms with Crippen molar-refractivity contribution in [3.8, 4) is 6.07 Å². The molecule has 0 rings (SSSR count). The van der Waals surface area contributed by atoms with E-state index in [-0.39, 0.29) is 12.8 Å². The van der Waals surface area contributed by atoms with E-state index in [1.165, 1.54) is 18.7 Å².